The quantitative estimate of drug-likeness (QED) is 0.0330. The van der Waals surface area contributed by atoms with E-state index < -0.39 is 49.5 Å². The minimum absolute atomic E-state index is 0.130. The van der Waals surface area contributed by atoms with E-state index in [0.717, 1.165) is 38.5 Å². The number of amides is 1. The van der Waals surface area contributed by atoms with Gasteiger partial charge in [0.25, 0.3) is 0 Å². The lowest BCUT2D eigenvalue weighted by Crippen LogP contribution is -2.60. The first kappa shape index (κ1) is 83.2. The Kier molecular flexibility index (Phi) is 64.9. The van der Waals surface area contributed by atoms with Crippen LogP contribution in [0.3, 0.4) is 0 Å². The van der Waals surface area contributed by atoms with Crippen molar-refractivity contribution in [1.29, 1.82) is 0 Å². The first-order chi connectivity index (χ1) is 42.3. The van der Waals surface area contributed by atoms with Crippen molar-refractivity contribution in [3.63, 3.8) is 0 Å². The highest BCUT2D eigenvalue weighted by Gasteiger charge is 2.44. The van der Waals surface area contributed by atoms with Crippen LogP contribution in [-0.4, -0.2) is 87.5 Å². The monoisotopic (exact) mass is 1220 g/mol. The molecule has 1 aliphatic rings. The molecule has 1 heterocycles. The average molecular weight is 1220 g/mol. The Balaban J connectivity index is 2.04. The number of rotatable bonds is 71. The molecule has 514 valence electrons. The van der Waals surface area contributed by atoms with Crippen LogP contribution < -0.4 is 5.32 Å². The minimum Gasteiger partial charge on any atom is -0.394 e. The first-order valence-corrected chi connectivity index (χ1v) is 39.2. The van der Waals surface area contributed by atoms with Gasteiger partial charge in [-0.3, -0.25) is 4.79 Å². The minimum atomic E-state index is -1.55. The molecule has 0 aliphatic carbocycles. The first-order valence-electron chi connectivity index (χ1n) is 39.2. The van der Waals surface area contributed by atoms with Crippen molar-refractivity contribution in [2.24, 2.45) is 0 Å². The Labute approximate surface area is 535 Å². The number of hydrogen-bond donors (Lipinski definition) is 6. The topological polar surface area (TPSA) is 149 Å². The molecule has 7 atom stereocenters. The summed E-state index contributed by atoms with van der Waals surface area (Å²) >= 11 is 0. The summed E-state index contributed by atoms with van der Waals surface area (Å²) in [5.41, 5.74) is 0. The Morgan fingerprint density at radius 1 is 0.349 bits per heavy atom. The highest BCUT2D eigenvalue weighted by atomic mass is 16.7. The van der Waals surface area contributed by atoms with Crippen LogP contribution in [-0.2, 0) is 14.3 Å². The van der Waals surface area contributed by atoms with Gasteiger partial charge < -0.3 is 40.3 Å². The van der Waals surface area contributed by atoms with Gasteiger partial charge in [0.1, 0.15) is 24.4 Å². The normalized spacial score (nSPS) is 17.9. The van der Waals surface area contributed by atoms with Crippen LogP contribution in [0.1, 0.15) is 431 Å². The standard InChI is InChI=1S/C77H153NO8/c1-3-5-7-9-11-13-15-17-19-21-23-25-27-29-31-33-34-35-36-37-39-41-43-45-47-49-51-53-55-57-59-61-63-65-67-73(81)78-70(69-85-77-76(84)75(83)74(82)72(68-79)86-77)71(80)66-64-62-60-58-56-54-52-50-48-46-44-42-40-38-32-30-28-26-24-22-20-18-16-14-12-10-8-6-4-2/h70-72,74-77,79-80,82-84H,3-69H2,1-2H3,(H,78,81). The third-order valence-electron chi connectivity index (χ3n) is 19.5. The molecule has 9 nitrogen and oxygen atoms in total. The van der Waals surface area contributed by atoms with Crippen LogP contribution in [0.2, 0.25) is 0 Å². The molecule has 0 spiro atoms. The molecule has 6 N–H and O–H groups in total. The SMILES string of the molecule is CCCCCCCCCCCCCCCCCCCCCCCCCCCCCCCCCCCCC(=O)NC(COC1OC(CO)C(O)C(O)C1O)C(O)CCCCCCCCCCCCCCCCCCCCCCCCCCCCCCC. The van der Waals surface area contributed by atoms with Crippen LogP contribution in [0.15, 0.2) is 0 Å². The zero-order valence-corrected chi connectivity index (χ0v) is 57.9. The van der Waals surface area contributed by atoms with E-state index in [0.29, 0.717) is 12.8 Å². The van der Waals surface area contributed by atoms with Crippen molar-refractivity contribution in [1.82, 2.24) is 5.32 Å². The van der Waals surface area contributed by atoms with E-state index in [1.165, 1.54) is 366 Å². The molecule has 0 saturated carbocycles. The van der Waals surface area contributed by atoms with E-state index in [1.54, 1.807) is 0 Å². The van der Waals surface area contributed by atoms with Crippen LogP contribution in [0.4, 0.5) is 0 Å². The highest BCUT2D eigenvalue weighted by Crippen LogP contribution is 2.24. The molecule has 0 radical (unpaired) electrons. The fraction of sp³-hybridized carbons (Fsp3) is 0.987. The summed E-state index contributed by atoms with van der Waals surface area (Å²) in [4.78, 5) is 13.2. The average Bonchev–Trinajstić information content (AvgIpc) is 3.66. The van der Waals surface area contributed by atoms with E-state index in [2.05, 4.69) is 19.2 Å². The molecule has 1 saturated heterocycles. The highest BCUT2D eigenvalue weighted by molar-refractivity contribution is 5.76. The molecular formula is C77H153NO8. The van der Waals surface area contributed by atoms with Gasteiger partial charge in [-0.25, -0.2) is 0 Å². The van der Waals surface area contributed by atoms with Gasteiger partial charge in [0.05, 0.1) is 25.4 Å². The summed E-state index contributed by atoms with van der Waals surface area (Å²) in [6, 6.07) is -0.716. The number of ether oxygens (including phenoxy) is 2. The van der Waals surface area contributed by atoms with Crippen molar-refractivity contribution in [3.8, 4) is 0 Å². The van der Waals surface area contributed by atoms with Crippen LogP contribution in [0, 0.1) is 0 Å². The fourth-order valence-electron chi connectivity index (χ4n) is 13.3. The van der Waals surface area contributed by atoms with E-state index in [1.807, 2.05) is 0 Å². The molecule has 0 aromatic carbocycles. The zero-order chi connectivity index (χ0) is 62.1. The number of aliphatic hydroxyl groups is 5. The Morgan fingerprint density at radius 3 is 0.826 bits per heavy atom. The van der Waals surface area contributed by atoms with Crippen molar-refractivity contribution >= 4 is 5.91 Å². The maximum Gasteiger partial charge on any atom is 0.220 e. The van der Waals surface area contributed by atoms with Gasteiger partial charge >= 0.3 is 0 Å². The summed E-state index contributed by atoms with van der Waals surface area (Å²) < 4.78 is 11.4. The van der Waals surface area contributed by atoms with Gasteiger partial charge in [-0.2, -0.15) is 0 Å². The van der Waals surface area contributed by atoms with Crippen molar-refractivity contribution < 1.29 is 39.8 Å². The number of carbonyl (C=O) groups excluding carboxylic acids is 1. The summed E-state index contributed by atoms with van der Waals surface area (Å²) in [6.45, 7) is 3.92. The second kappa shape index (κ2) is 67.1. The van der Waals surface area contributed by atoms with Gasteiger partial charge in [0.2, 0.25) is 5.91 Å². The lowest BCUT2D eigenvalue weighted by Gasteiger charge is -2.40. The van der Waals surface area contributed by atoms with Crippen molar-refractivity contribution in [2.45, 2.75) is 474 Å². The Hall–Kier alpha value is -0.810. The second-order valence-corrected chi connectivity index (χ2v) is 27.9. The maximum atomic E-state index is 13.2. The van der Waals surface area contributed by atoms with Gasteiger partial charge in [-0.05, 0) is 12.8 Å². The largest absolute Gasteiger partial charge is 0.394 e. The zero-order valence-electron chi connectivity index (χ0n) is 57.9. The van der Waals surface area contributed by atoms with E-state index in [4.69, 9.17) is 9.47 Å². The summed E-state index contributed by atoms with van der Waals surface area (Å²) in [5.74, 6) is -0.132. The lowest BCUT2D eigenvalue weighted by molar-refractivity contribution is -0.302. The molecule has 9 heteroatoms. The molecule has 0 aromatic heterocycles. The van der Waals surface area contributed by atoms with Gasteiger partial charge in [-0.1, -0.05) is 412 Å². The van der Waals surface area contributed by atoms with Crippen LogP contribution >= 0.6 is 0 Å². The van der Waals surface area contributed by atoms with Crippen LogP contribution in [0.5, 0.6) is 0 Å². The predicted octanol–water partition coefficient (Wildman–Crippen LogP) is 22.0. The number of unbranched alkanes of at least 4 members (excludes halogenated alkanes) is 61. The molecular weight excluding hydrogens is 1070 g/mol. The number of aliphatic hydroxyl groups excluding tert-OH is 5. The smallest absolute Gasteiger partial charge is 0.220 e. The summed E-state index contributed by atoms with van der Waals surface area (Å²) in [5, 5.41) is 55.1. The fourth-order valence-corrected chi connectivity index (χ4v) is 13.3. The summed E-state index contributed by atoms with van der Waals surface area (Å²) in [7, 11) is 0. The predicted molar refractivity (Wildman–Crippen MR) is 369 cm³/mol. The van der Waals surface area contributed by atoms with Crippen molar-refractivity contribution in [3.05, 3.63) is 0 Å². The molecule has 0 aromatic rings. The maximum absolute atomic E-state index is 13.2. The Bertz CT molecular complexity index is 1320. The molecule has 1 rings (SSSR count). The van der Waals surface area contributed by atoms with E-state index in [-0.39, 0.29) is 12.5 Å². The lowest BCUT2D eigenvalue weighted by atomic mass is 9.99. The third kappa shape index (κ3) is 54.9. The molecule has 1 fully saturated rings. The van der Waals surface area contributed by atoms with Gasteiger partial charge in [0, 0.05) is 6.42 Å². The molecule has 7 unspecified atom stereocenters. The summed E-state index contributed by atoms with van der Waals surface area (Å²) in [6.07, 6.45) is 79.3. The number of nitrogens with one attached hydrogen (secondary N) is 1. The van der Waals surface area contributed by atoms with E-state index in [9.17, 15) is 30.3 Å². The van der Waals surface area contributed by atoms with Gasteiger partial charge in [0.15, 0.2) is 6.29 Å². The van der Waals surface area contributed by atoms with Gasteiger partial charge in [-0.15, -0.1) is 0 Å². The molecule has 0 bridgehead atoms. The molecule has 86 heavy (non-hydrogen) atoms. The van der Waals surface area contributed by atoms with Crippen LogP contribution in [0.25, 0.3) is 0 Å². The number of hydrogen-bond acceptors (Lipinski definition) is 8. The molecule has 1 aliphatic heterocycles. The second-order valence-electron chi connectivity index (χ2n) is 27.9. The molecule has 1 amide bonds. The van der Waals surface area contributed by atoms with E-state index >= 15 is 0 Å². The third-order valence-corrected chi connectivity index (χ3v) is 19.5. The van der Waals surface area contributed by atoms with Crippen molar-refractivity contribution in [2.75, 3.05) is 13.2 Å². The Morgan fingerprint density at radius 2 is 0.581 bits per heavy atom. The number of carbonyl (C=O) groups is 1.